The first kappa shape index (κ1) is 16.3. The zero-order valence-electron chi connectivity index (χ0n) is 12.4. The Morgan fingerprint density at radius 2 is 2.10 bits per heavy atom. The van der Waals surface area contributed by atoms with Crippen molar-refractivity contribution in [3.05, 3.63) is 23.8 Å². The molecule has 0 saturated carbocycles. The SMILES string of the molecule is CCCC(CN)C(=O)NCc1cc(OC)ccc1OC. The first-order valence-electron chi connectivity index (χ1n) is 6.84. The van der Waals surface area contributed by atoms with Crippen LogP contribution in [0.4, 0.5) is 0 Å². The third-order valence-electron chi connectivity index (χ3n) is 3.23. The van der Waals surface area contributed by atoms with Gasteiger partial charge in [0.2, 0.25) is 5.91 Å². The lowest BCUT2D eigenvalue weighted by Gasteiger charge is -2.15. The molecule has 1 atom stereocenters. The van der Waals surface area contributed by atoms with E-state index in [-0.39, 0.29) is 11.8 Å². The predicted octanol–water partition coefficient (Wildman–Crippen LogP) is 1.69. The van der Waals surface area contributed by atoms with Gasteiger partial charge in [0.15, 0.2) is 0 Å². The molecule has 0 saturated heterocycles. The van der Waals surface area contributed by atoms with Gasteiger partial charge in [0.05, 0.1) is 20.1 Å². The molecule has 0 aliphatic carbocycles. The molecule has 1 unspecified atom stereocenters. The molecule has 0 aliphatic heterocycles. The fraction of sp³-hybridized carbons (Fsp3) is 0.533. The van der Waals surface area contributed by atoms with Gasteiger partial charge < -0.3 is 20.5 Å². The molecule has 1 rings (SSSR count). The maximum Gasteiger partial charge on any atom is 0.224 e. The Morgan fingerprint density at radius 3 is 2.65 bits per heavy atom. The Labute approximate surface area is 120 Å². The lowest BCUT2D eigenvalue weighted by molar-refractivity contribution is -0.125. The van der Waals surface area contributed by atoms with Crippen LogP contribution in [0.3, 0.4) is 0 Å². The van der Waals surface area contributed by atoms with E-state index in [1.807, 2.05) is 25.1 Å². The number of methoxy groups -OCH3 is 2. The molecule has 5 heteroatoms. The van der Waals surface area contributed by atoms with Crippen molar-refractivity contribution in [3.8, 4) is 11.5 Å². The number of hydrogen-bond acceptors (Lipinski definition) is 4. The van der Waals surface area contributed by atoms with Crippen LogP contribution in [0.1, 0.15) is 25.3 Å². The number of benzene rings is 1. The summed E-state index contributed by atoms with van der Waals surface area (Å²) in [7, 11) is 3.21. The van der Waals surface area contributed by atoms with Crippen molar-refractivity contribution in [2.75, 3.05) is 20.8 Å². The molecule has 3 N–H and O–H groups in total. The minimum Gasteiger partial charge on any atom is -0.497 e. The number of nitrogens with one attached hydrogen (secondary N) is 1. The summed E-state index contributed by atoms with van der Waals surface area (Å²) in [4.78, 5) is 12.0. The molecule has 5 nitrogen and oxygen atoms in total. The van der Waals surface area contributed by atoms with Gasteiger partial charge in [-0.05, 0) is 24.6 Å². The summed E-state index contributed by atoms with van der Waals surface area (Å²) in [5.41, 5.74) is 6.51. The first-order valence-corrected chi connectivity index (χ1v) is 6.84. The van der Waals surface area contributed by atoms with Crippen LogP contribution < -0.4 is 20.5 Å². The molecule has 0 aromatic heterocycles. The Morgan fingerprint density at radius 1 is 1.35 bits per heavy atom. The van der Waals surface area contributed by atoms with Crippen molar-refractivity contribution in [2.24, 2.45) is 11.7 Å². The first-order chi connectivity index (χ1) is 9.65. The Hall–Kier alpha value is -1.75. The van der Waals surface area contributed by atoms with E-state index in [4.69, 9.17) is 15.2 Å². The molecule has 0 radical (unpaired) electrons. The van der Waals surface area contributed by atoms with Crippen molar-refractivity contribution in [1.29, 1.82) is 0 Å². The zero-order valence-corrected chi connectivity index (χ0v) is 12.4. The standard InChI is InChI=1S/C15H24N2O3/c1-4-5-11(9-16)15(18)17-10-12-8-13(19-2)6-7-14(12)20-3/h6-8,11H,4-5,9-10,16H2,1-3H3,(H,17,18). The average Bonchev–Trinajstić information content (AvgIpc) is 2.49. The summed E-state index contributed by atoms with van der Waals surface area (Å²) < 4.78 is 10.5. The summed E-state index contributed by atoms with van der Waals surface area (Å²) >= 11 is 0. The van der Waals surface area contributed by atoms with Gasteiger partial charge in [-0.25, -0.2) is 0 Å². The van der Waals surface area contributed by atoms with Gasteiger partial charge >= 0.3 is 0 Å². The largest absolute Gasteiger partial charge is 0.497 e. The average molecular weight is 280 g/mol. The van der Waals surface area contributed by atoms with Crippen molar-refractivity contribution < 1.29 is 14.3 Å². The molecule has 0 aliphatic rings. The topological polar surface area (TPSA) is 73.6 Å². The molecule has 0 bridgehead atoms. The molecular weight excluding hydrogens is 256 g/mol. The van der Waals surface area contributed by atoms with Gasteiger partial charge in [-0.2, -0.15) is 0 Å². The highest BCUT2D eigenvalue weighted by Gasteiger charge is 2.16. The van der Waals surface area contributed by atoms with E-state index >= 15 is 0 Å². The Kier molecular flexibility index (Phi) is 6.87. The molecule has 1 aromatic carbocycles. The maximum atomic E-state index is 12.0. The number of hydrogen-bond donors (Lipinski definition) is 2. The van der Waals surface area contributed by atoms with Crippen molar-refractivity contribution in [3.63, 3.8) is 0 Å². The van der Waals surface area contributed by atoms with Gasteiger partial charge in [-0.3, -0.25) is 4.79 Å². The quantitative estimate of drug-likeness (QED) is 0.760. The summed E-state index contributed by atoms with van der Waals surface area (Å²) in [6.07, 6.45) is 1.75. The second-order valence-electron chi connectivity index (χ2n) is 4.62. The van der Waals surface area contributed by atoms with Gasteiger partial charge in [-0.15, -0.1) is 0 Å². The summed E-state index contributed by atoms with van der Waals surface area (Å²) in [6.45, 7) is 2.81. The fourth-order valence-corrected chi connectivity index (χ4v) is 2.05. The van der Waals surface area contributed by atoms with Crippen LogP contribution in [0.5, 0.6) is 11.5 Å². The van der Waals surface area contributed by atoms with E-state index in [1.54, 1.807) is 14.2 Å². The number of ether oxygens (including phenoxy) is 2. The fourth-order valence-electron chi connectivity index (χ4n) is 2.05. The van der Waals surface area contributed by atoms with E-state index < -0.39 is 0 Å². The lowest BCUT2D eigenvalue weighted by Crippen LogP contribution is -2.34. The summed E-state index contributed by atoms with van der Waals surface area (Å²) in [5.74, 6) is 1.32. The van der Waals surface area contributed by atoms with Gasteiger partial charge in [0.1, 0.15) is 11.5 Å². The molecule has 1 aromatic rings. The number of nitrogens with two attached hydrogens (primary N) is 1. The Bertz CT molecular complexity index is 435. The van der Waals surface area contributed by atoms with Crippen LogP contribution in [0.2, 0.25) is 0 Å². The second kappa shape index (κ2) is 8.43. The number of carbonyl (C=O) groups is 1. The van der Waals surface area contributed by atoms with E-state index in [0.29, 0.717) is 13.1 Å². The molecule has 112 valence electrons. The van der Waals surface area contributed by atoms with Crippen LogP contribution in [0, 0.1) is 5.92 Å². The number of rotatable bonds is 8. The third kappa shape index (κ3) is 4.42. The van der Waals surface area contributed by atoms with E-state index in [0.717, 1.165) is 29.9 Å². The normalized spacial score (nSPS) is 11.8. The predicted molar refractivity (Wildman–Crippen MR) is 78.8 cm³/mol. The molecule has 1 amide bonds. The van der Waals surface area contributed by atoms with Crippen molar-refractivity contribution >= 4 is 5.91 Å². The molecule has 20 heavy (non-hydrogen) atoms. The number of amides is 1. The molecule has 0 spiro atoms. The molecule has 0 heterocycles. The lowest BCUT2D eigenvalue weighted by atomic mass is 10.0. The van der Waals surface area contributed by atoms with Crippen LogP contribution in [0.15, 0.2) is 18.2 Å². The van der Waals surface area contributed by atoms with Crippen LogP contribution in [-0.2, 0) is 11.3 Å². The highest BCUT2D eigenvalue weighted by atomic mass is 16.5. The Balaban J connectivity index is 2.70. The zero-order chi connectivity index (χ0) is 15.0. The van der Waals surface area contributed by atoms with Crippen LogP contribution in [-0.4, -0.2) is 26.7 Å². The van der Waals surface area contributed by atoms with Gasteiger partial charge in [-0.1, -0.05) is 13.3 Å². The van der Waals surface area contributed by atoms with E-state index in [2.05, 4.69) is 5.32 Å². The monoisotopic (exact) mass is 280 g/mol. The second-order valence-corrected chi connectivity index (χ2v) is 4.62. The van der Waals surface area contributed by atoms with E-state index in [1.165, 1.54) is 0 Å². The van der Waals surface area contributed by atoms with Crippen LogP contribution in [0.25, 0.3) is 0 Å². The minimum atomic E-state index is -0.128. The van der Waals surface area contributed by atoms with Crippen LogP contribution >= 0.6 is 0 Å². The molecule has 0 fully saturated rings. The highest BCUT2D eigenvalue weighted by molar-refractivity contribution is 5.78. The summed E-state index contributed by atoms with van der Waals surface area (Å²) in [6, 6.07) is 5.51. The molecular formula is C15H24N2O3. The number of carbonyl (C=O) groups excluding carboxylic acids is 1. The minimum absolute atomic E-state index is 0.0146. The smallest absolute Gasteiger partial charge is 0.224 e. The third-order valence-corrected chi connectivity index (χ3v) is 3.23. The van der Waals surface area contributed by atoms with Gasteiger partial charge in [0, 0.05) is 18.7 Å². The van der Waals surface area contributed by atoms with Gasteiger partial charge in [0.25, 0.3) is 0 Å². The van der Waals surface area contributed by atoms with E-state index in [9.17, 15) is 4.79 Å². The highest BCUT2D eigenvalue weighted by Crippen LogP contribution is 2.23. The maximum absolute atomic E-state index is 12.0. The van der Waals surface area contributed by atoms with Crippen molar-refractivity contribution in [2.45, 2.75) is 26.3 Å². The summed E-state index contributed by atoms with van der Waals surface area (Å²) in [5, 5.41) is 2.91. The van der Waals surface area contributed by atoms with Crippen molar-refractivity contribution in [1.82, 2.24) is 5.32 Å².